The number of methoxy groups -OCH3 is 1. The number of hydrogen-bond donors (Lipinski definition) is 2. The maximum Gasteiger partial charge on any atom is 0.328 e. The lowest BCUT2D eigenvalue weighted by atomic mass is 10.0. The highest BCUT2D eigenvalue weighted by Gasteiger charge is 2.23. The van der Waals surface area contributed by atoms with Crippen molar-refractivity contribution in [1.29, 1.82) is 0 Å². The number of fused-ring (bicyclic) bond motifs is 1. The van der Waals surface area contributed by atoms with Crippen LogP contribution in [0.2, 0.25) is 0 Å². The molecule has 0 aliphatic carbocycles. The molecule has 1 atom stereocenters. The minimum atomic E-state index is -0.742. The van der Waals surface area contributed by atoms with Gasteiger partial charge in [-0.3, -0.25) is 4.79 Å². The molecule has 7 nitrogen and oxygen atoms in total. The Morgan fingerprint density at radius 3 is 2.92 bits per heavy atom. The second-order valence-corrected chi connectivity index (χ2v) is 6.76. The molecule has 136 valence electrons. The van der Waals surface area contributed by atoms with Gasteiger partial charge in [-0.05, 0) is 11.6 Å². The zero-order valence-electron chi connectivity index (χ0n) is 14.6. The fraction of sp³-hybridized carbons (Fsp3) is 0.278. The van der Waals surface area contributed by atoms with Gasteiger partial charge in [0.25, 0.3) is 0 Å². The number of rotatable bonds is 7. The van der Waals surface area contributed by atoms with Crippen LogP contribution in [-0.4, -0.2) is 45.3 Å². The molecule has 0 fully saturated rings. The molecular formula is C18H20N4O3S. The number of thioether (sulfide) groups is 1. The average molecular weight is 372 g/mol. The topological polar surface area (TPSA) is 89.0 Å². The van der Waals surface area contributed by atoms with Crippen molar-refractivity contribution in [3.63, 3.8) is 0 Å². The molecule has 2 N–H and O–H groups in total. The van der Waals surface area contributed by atoms with Crippen molar-refractivity contribution in [3.05, 3.63) is 48.4 Å². The molecule has 3 aromatic rings. The summed E-state index contributed by atoms with van der Waals surface area (Å²) in [6, 6.07) is 7.09. The highest BCUT2D eigenvalue weighted by molar-refractivity contribution is 7.99. The number of aromatic amines is 1. The SMILES string of the molecule is COC(=O)[C@H](Cc1c[nH]c2ccccc12)NC(=O)CSc1nccn1C. The molecule has 0 saturated carbocycles. The largest absolute Gasteiger partial charge is 0.467 e. The predicted molar refractivity (Wildman–Crippen MR) is 99.9 cm³/mol. The number of aryl methyl sites for hydroxylation is 1. The number of esters is 1. The number of aromatic nitrogens is 3. The lowest BCUT2D eigenvalue weighted by Crippen LogP contribution is -2.43. The van der Waals surface area contributed by atoms with E-state index in [1.54, 1.807) is 6.20 Å². The number of H-pyrrole nitrogens is 1. The highest BCUT2D eigenvalue weighted by atomic mass is 32.2. The number of ether oxygens (including phenoxy) is 1. The van der Waals surface area contributed by atoms with E-state index in [9.17, 15) is 9.59 Å². The Morgan fingerprint density at radius 1 is 1.38 bits per heavy atom. The summed E-state index contributed by atoms with van der Waals surface area (Å²) in [7, 11) is 3.18. The summed E-state index contributed by atoms with van der Waals surface area (Å²) in [5.74, 6) is -0.537. The first-order valence-corrected chi connectivity index (χ1v) is 9.09. The number of carbonyl (C=O) groups is 2. The number of hydrogen-bond acceptors (Lipinski definition) is 5. The Bertz CT molecular complexity index is 918. The lowest BCUT2D eigenvalue weighted by Gasteiger charge is -2.16. The number of nitrogens with zero attached hydrogens (tertiary/aromatic N) is 2. The van der Waals surface area contributed by atoms with Crippen molar-refractivity contribution in [2.24, 2.45) is 7.05 Å². The first kappa shape index (κ1) is 18.1. The van der Waals surface area contributed by atoms with E-state index in [1.807, 2.05) is 48.3 Å². The summed E-state index contributed by atoms with van der Waals surface area (Å²) in [6.45, 7) is 0. The van der Waals surface area contributed by atoms with E-state index in [0.29, 0.717) is 6.42 Å². The van der Waals surface area contributed by atoms with Gasteiger partial charge in [0.05, 0.1) is 12.9 Å². The van der Waals surface area contributed by atoms with Crippen molar-refractivity contribution < 1.29 is 14.3 Å². The van der Waals surface area contributed by atoms with E-state index in [1.165, 1.54) is 18.9 Å². The van der Waals surface area contributed by atoms with E-state index in [-0.39, 0.29) is 11.7 Å². The molecule has 0 aliphatic heterocycles. The summed E-state index contributed by atoms with van der Waals surface area (Å²) in [5.41, 5.74) is 1.94. The Morgan fingerprint density at radius 2 is 2.19 bits per heavy atom. The fourth-order valence-corrected chi connectivity index (χ4v) is 3.46. The Hall–Kier alpha value is -2.74. The quantitative estimate of drug-likeness (QED) is 0.488. The van der Waals surface area contributed by atoms with Gasteiger partial charge >= 0.3 is 5.97 Å². The lowest BCUT2D eigenvalue weighted by molar-refractivity contribution is -0.144. The molecule has 0 saturated heterocycles. The van der Waals surface area contributed by atoms with E-state index >= 15 is 0 Å². The minimum Gasteiger partial charge on any atom is -0.467 e. The van der Waals surface area contributed by atoms with Crippen molar-refractivity contribution in [2.75, 3.05) is 12.9 Å². The van der Waals surface area contributed by atoms with Crippen LogP contribution in [0.15, 0.2) is 48.0 Å². The second-order valence-electron chi connectivity index (χ2n) is 5.82. The number of carbonyl (C=O) groups excluding carboxylic acids is 2. The van der Waals surface area contributed by atoms with Crippen LogP contribution in [0.25, 0.3) is 10.9 Å². The molecular weight excluding hydrogens is 352 g/mol. The van der Waals surface area contributed by atoms with Gasteiger partial charge in [-0.15, -0.1) is 0 Å². The Kier molecular flexibility index (Phi) is 5.62. The van der Waals surface area contributed by atoms with Crippen molar-refractivity contribution in [1.82, 2.24) is 19.9 Å². The highest BCUT2D eigenvalue weighted by Crippen LogP contribution is 2.20. The number of amides is 1. The Labute approximate surface area is 155 Å². The van der Waals surface area contributed by atoms with E-state index in [4.69, 9.17) is 4.74 Å². The molecule has 26 heavy (non-hydrogen) atoms. The van der Waals surface area contributed by atoms with Gasteiger partial charge in [0.2, 0.25) is 5.91 Å². The van der Waals surface area contributed by atoms with Crippen LogP contribution in [-0.2, 0) is 27.8 Å². The molecule has 1 aromatic carbocycles. The Balaban J connectivity index is 1.67. The monoisotopic (exact) mass is 372 g/mol. The minimum absolute atomic E-state index is 0.173. The van der Waals surface area contributed by atoms with Gasteiger partial charge in [-0.2, -0.15) is 0 Å². The van der Waals surface area contributed by atoms with Crippen LogP contribution in [0, 0.1) is 0 Å². The number of nitrogens with one attached hydrogen (secondary N) is 2. The second kappa shape index (κ2) is 8.09. The van der Waals surface area contributed by atoms with Crippen LogP contribution in [0.3, 0.4) is 0 Å². The summed E-state index contributed by atoms with van der Waals surface area (Å²) >= 11 is 1.32. The normalized spacial score (nSPS) is 12.1. The summed E-state index contributed by atoms with van der Waals surface area (Å²) in [4.78, 5) is 31.8. The third-order valence-electron chi connectivity index (χ3n) is 4.03. The number of para-hydroxylation sites is 1. The van der Waals surface area contributed by atoms with E-state index in [0.717, 1.165) is 21.6 Å². The smallest absolute Gasteiger partial charge is 0.328 e. The first-order valence-electron chi connectivity index (χ1n) is 8.10. The third-order valence-corrected chi connectivity index (χ3v) is 5.09. The summed E-state index contributed by atoms with van der Waals surface area (Å²) in [5, 5.41) is 4.54. The molecule has 2 heterocycles. The maximum atomic E-state index is 12.3. The third kappa shape index (κ3) is 4.08. The van der Waals surface area contributed by atoms with Crippen molar-refractivity contribution in [2.45, 2.75) is 17.6 Å². The van der Waals surface area contributed by atoms with E-state index < -0.39 is 12.0 Å². The molecule has 0 unspecified atom stereocenters. The van der Waals surface area contributed by atoms with Crippen LogP contribution >= 0.6 is 11.8 Å². The molecule has 2 aromatic heterocycles. The first-order chi connectivity index (χ1) is 12.6. The molecule has 1 amide bonds. The number of benzene rings is 1. The van der Waals surface area contributed by atoms with Crippen LogP contribution in [0.4, 0.5) is 0 Å². The zero-order valence-corrected chi connectivity index (χ0v) is 15.4. The van der Waals surface area contributed by atoms with Crippen molar-refractivity contribution in [3.8, 4) is 0 Å². The average Bonchev–Trinajstić information content (AvgIpc) is 3.25. The summed E-state index contributed by atoms with van der Waals surface area (Å²) in [6.07, 6.45) is 5.70. The van der Waals surface area contributed by atoms with Gasteiger partial charge in [0.1, 0.15) is 6.04 Å². The molecule has 0 aliphatic rings. The molecule has 0 radical (unpaired) electrons. The zero-order chi connectivity index (χ0) is 18.5. The number of imidazole rings is 1. The fourth-order valence-electron chi connectivity index (χ4n) is 2.71. The van der Waals surface area contributed by atoms with Crippen LogP contribution in [0.1, 0.15) is 5.56 Å². The van der Waals surface area contributed by atoms with Gasteiger partial charge in [-0.1, -0.05) is 30.0 Å². The molecule has 8 heteroatoms. The predicted octanol–water partition coefficient (Wildman–Crippen LogP) is 1.89. The van der Waals surface area contributed by atoms with Crippen molar-refractivity contribution >= 4 is 34.5 Å². The molecule has 0 bridgehead atoms. The standard InChI is InChI=1S/C18H20N4O3S/c1-22-8-7-19-18(22)26-11-16(23)21-15(17(24)25-2)9-12-10-20-14-6-4-3-5-13(12)14/h3-8,10,15,20H,9,11H2,1-2H3,(H,21,23)/t15-/m0/s1. The van der Waals surface area contributed by atoms with Gasteiger partial charge in [0.15, 0.2) is 5.16 Å². The maximum absolute atomic E-state index is 12.3. The van der Waals surface area contributed by atoms with E-state index in [2.05, 4.69) is 15.3 Å². The van der Waals surface area contributed by atoms with Crippen LogP contribution < -0.4 is 5.32 Å². The molecule has 0 spiro atoms. The van der Waals surface area contributed by atoms with Gasteiger partial charge in [-0.25, -0.2) is 9.78 Å². The summed E-state index contributed by atoms with van der Waals surface area (Å²) < 4.78 is 6.69. The molecule has 3 rings (SSSR count). The van der Waals surface area contributed by atoms with Gasteiger partial charge < -0.3 is 19.6 Å². The van der Waals surface area contributed by atoms with Crippen LogP contribution in [0.5, 0.6) is 0 Å². The van der Waals surface area contributed by atoms with Gasteiger partial charge in [0, 0.05) is 43.0 Å².